The summed E-state index contributed by atoms with van der Waals surface area (Å²) in [5.74, 6) is 0.722. The monoisotopic (exact) mass is 348 g/mol. The van der Waals surface area contributed by atoms with E-state index in [1.54, 1.807) is 6.07 Å². The van der Waals surface area contributed by atoms with Gasteiger partial charge in [0.25, 0.3) is 0 Å². The SMILES string of the molecule is Clc1cccc(OC2CC(Br)C23CCCC3)c1Cl. The van der Waals surface area contributed by atoms with E-state index < -0.39 is 0 Å². The molecule has 18 heavy (non-hydrogen) atoms. The molecule has 1 aromatic carbocycles. The lowest BCUT2D eigenvalue weighted by Gasteiger charge is -2.51. The highest BCUT2D eigenvalue weighted by molar-refractivity contribution is 9.09. The van der Waals surface area contributed by atoms with Crippen LogP contribution in [-0.2, 0) is 0 Å². The predicted molar refractivity (Wildman–Crippen MR) is 79.1 cm³/mol. The molecule has 0 aliphatic heterocycles. The molecule has 2 fully saturated rings. The molecule has 0 radical (unpaired) electrons. The zero-order valence-corrected chi connectivity index (χ0v) is 13.1. The smallest absolute Gasteiger partial charge is 0.139 e. The number of alkyl halides is 1. The van der Waals surface area contributed by atoms with Crippen LogP contribution in [0.3, 0.4) is 0 Å². The van der Waals surface area contributed by atoms with Gasteiger partial charge in [0.05, 0.1) is 5.02 Å². The quantitative estimate of drug-likeness (QED) is 0.643. The minimum absolute atomic E-state index is 0.278. The van der Waals surface area contributed by atoms with Crippen LogP contribution in [-0.4, -0.2) is 10.9 Å². The van der Waals surface area contributed by atoms with E-state index in [0.29, 0.717) is 20.3 Å². The van der Waals surface area contributed by atoms with Crippen molar-refractivity contribution >= 4 is 39.1 Å². The van der Waals surface area contributed by atoms with Gasteiger partial charge in [0.2, 0.25) is 0 Å². The van der Waals surface area contributed by atoms with Crippen molar-refractivity contribution in [3.8, 4) is 5.75 Å². The van der Waals surface area contributed by atoms with Gasteiger partial charge in [0.15, 0.2) is 0 Å². The van der Waals surface area contributed by atoms with E-state index in [1.807, 2.05) is 12.1 Å². The third kappa shape index (κ3) is 1.97. The van der Waals surface area contributed by atoms with E-state index in [4.69, 9.17) is 27.9 Å². The molecular formula is C14H15BrCl2O. The van der Waals surface area contributed by atoms with Gasteiger partial charge in [-0.05, 0) is 31.4 Å². The Balaban J connectivity index is 1.79. The minimum Gasteiger partial charge on any atom is -0.488 e. The summed E-state index contributed by atoms with van der Waals surface area (Å²) in [5, 5.41) is 1.09. The molecule has 1 spiro atoms. The highest BCUT2D eigenvalue weighted by Gasteiger charge is 2.56. The summed E-state index contributed by atoms with van der Waals surface area (Å²) in [6, 6.07) is 5.57. The first kappa shape index (κ1) is 13.1. The van der Waals surface area contributed by atoms with E-state index in [9.17, 15) is 0 Å². The number of rotatable bonds is 2. The van der Waals surface area contributed by atoms with Crippen molar-refractivity contribution in [3.63, 3.8) is 0 Å². The molecule has 0 saturated heterocycles. The fourth-order valence-electron chi connectivity index (χ4n) is 3.26. The molecular weight excluding hydrogens is 335 g/mol. The van der Waals surface area contributed by atoms with Crippen LogP contribution >= 0.6 is 39.1 Å². The summed E-state index contributed by atoms with van der Waals surface area (Å²) in [7, 11) is 0. The van der Waals surface area contributed by atoms with Crippen LogP contribution in [0.15, 0.2) is 18.2 Å². The Hall–Kier alpha value is 0.0800. The summed E-state index contributed by atoms with van der Waals surface area (Å²) in [4.78, 5) is 0.593. The number of halogens is 3. The molecule has 0 amide bonds. The first-order valence-electron chi connectivity index (χ1n) is 6.38. The maximum atomic E-state index is 6.18. The van der Waals surface area contributed by atoms with Crippen LogP contribution in [0.1, 0.15) is 32.1 Å². The average molecular weight is 350 g/mol. The first-order valence-corrected chi connectivity index (χ1v) is 8.05. The highest BCUT2D eigenvalue weighted by Crippen LogP contribution is 2.58. The van der Waals surface area contributed by atoms with Crippen molar-refractivity contribution in [3.05, 3.63) is 28.2 Å². The third-order valence-electron chi connectivity index (χ3n) is 4.41. The minimum atomic E-state index is 0.278. The van der Waals surface area contributed by atoms with Crippen molar-refractivity contribution in [2.45, 2.75) is 43.0 Å². The fourth-order valence-corrected chi connectivity index (χ4v) is 4.69. The van der Waals surface area contributed by atoms with Crippen LogP contribution < -0.4 is 4.74 Å². The van der Waals surface area contributed by atoms with Crippen LogP contribution in [0.2, 0.25) is 10.0 Å². The molecule has 2 unspecified atom stereocenters. The second kappa shape index (κ2) is 4.88. The molecule has 98 valence electrons. The van der Waals surface area contributed by atoms with Crippen molar-refractivity contribution in [1.29, 1.82) is 0 Å². The maximum Gasteiger partial charge on any atom is 0.139 e. The lowest BCUT2D eigenvalue weighted by molar-refractivity contribution is -0.0303. The van der Waals surface area contributed by atoms with Gasteiger partial charge in [-0.3, -0.25) is 0 Å². The van der Waals surface area contributed by atoms with E-state index in [1.165, 1.54) is 25.7 Å². The van der Waals surface area contributed by atoms with Crippen LogP contribution in [0.5, 0.6) is 5.75 Å². The number of benzene rings is 1. The Bertz CT molecular complexity index is 457. The normalized spacial score (nSPS) is 29.3. The first-order chi connectivity index (χ1) is 8.63. The Morgan fingerprint density at radius 3 is 2.61 bits per heavy atom. The van der Waals surface area contributed by atoms with Gasteiger partial charge in [-0.15, -0.1) is 0 Å². The summed E-state index contributed by atoms with van der Waals surface area (Å²) >= 11 is 16.0. The van der Waals surface area contributed by atoms with Gasteiger partial charge in [-0.1, -0.05) is 58.0 Å². The molecule has 0 heterocycles. The summed E-state index contributed by atoms with van der Waals surface area (Å²) < 4.78 is 6.12. The molecule has 4 heteroatoms. The molecule has 1 aromatic rings. The van der Waals surface area contributed by atoms with Crippen molar-refractivity contribution in [2.75, 3.05) is 0 Å². The van der Waals surface area contributed by atoms with E-state index in [2.05, 4.69) is 15.9 Å². The van der Waals surface area contributed by atoms with Gasteiger partial charge in [-0.2, -0.15) is 0 Å². The fraction of sp³-hybridized carbons (Fsp3) is 0.571. The Morgan fingerprint density at radius 2 is 1.94 bits per heavy atom. The van der Waals surface area contributed by atoms with Crippen molar-refractivity contribution in [2.24, 2.45) is 5.41 Å². The van der Waals surface area contributed by atoms with Crippen LogP contribution in [0, 0.1) is 5.41 Å². The Kier molecular flexibility index (Phi) is 3.55. The Labute approximate surface area is 126 Å². The number of hydrogen-bond acceptors (Lipinski definition) is 1. The zero-order chi connectivity index (χ0) is 12.8. The average Bonchev–Trinajstić information content (AvgIpc) is 2.86. The van der Waals surface area contributed by atoms with Crippen molar-refractivity contribution < 1.29 is 4.74 Å². The topological polar surface area (TPSA) is 9.23 Å². The maximum absolute atomic E-state index is 6.18. The van der Waals surface area contributed by atoms with E-state index in [0.717, 1.165) is 12.2 Å². The second-order valence-corrected chi connectivity index (χ2v) is 7.19. The third-order valence-corrected chi connectivity index (χ3v) is 6.49. The van der Waals surface area contributed by atoms with Gasteiger partial charge in [0, 0.05) is 10.2 Å². The summed E-state index contributed by atoms with van der Waals surface area (Å²) in [6.45, 7) is 0. The second-order valence-electron chi connectivity index (χ2n) is 5.30. The zero-order valence-electron chi connectivity index (χ0n) is 9.96. The van der Waals surface area contributed by atoms with Crippen LogP contribution in [0.25, 0.3) is 0 Å². The molecule has 2 aliphatic rings. The molecule has 2 saturated carbocycles. The van der Waals surface area contributed by atoms with Gasteiger partial charge < -0.3 is 4.74 Å². The lowest BCUT2D eigenvalue weighted by atomic mass is 9.64. The summed E-state index contributed by atoms with van der Waals surface area (Å²) in [6.07, 6.45) is 6.47. The number of ether oxygens (including phenoxy) is 1. The molecule has 2 aliphatic carbocycles. The molecule has 1 nitrogen and oxygen atoms in total. The number of hydrogen-bond donors (Lipinski definition) is 0. The van der Waals surface area contributed by atoms with E-state index >= 15 is 0 Å². The predicted octanol–water partition coefficient (Wildman–Crippen LogP) is 5.47. The largest absolute Gasteiger partial charge is 0.488 e. The van der Waals surface area contributed by atoms with E-state index in [-0.39, 0.29) is 6.10 Å². The Morgan fingerprint density at radius 1 is 1.22 bits per heavy atom. The van der Waals surface area contributed by atoms with Gasteiger partial charge in [0.1, 0.15) is 16.9 Å². The van der Waals surface area contributed by atoms with Crippen LogP contribution in [0.4, 0.5) is 0 Å². The lowest BCUT2D eigenvalue weighted by Crippen LogP contribution is -2.55. The molecule has 0 bridgehead atoms. The van der Waals surface area contributed by atoms with Gasteiger partial charge in [-0.25, -0.2) is 0 Å². The summed E-state index contributed by atoms with van der Waals surface area (Å²) in [5.41, 5.74) is 0.325. The molecule has 0 aromatic heterocycles. The highest BCUT2D eigenvalue weighted by atomic mass is 79.9. The molecule has 3 rings (SSSR count). The molecule has 2 atom stereocenters. The van der Waals surface area contributed by atoms with Crippen molar-refractivity contribution in [1.82, 2.24) is 0 Å². The van der Waals surface area contributed by atoms with Gasteiger partial charge >= 0.3 is 0 Å². The standard InChI is InChI=1S/C14H15BrCl2O/c15-11-8-12(14(11)6-1-2-7-14)18-10-5-3-4-9(16)13(10)17/h3-5,11-12H,1-2,6-8H2. The molecule has 0 N–H and O–H groups in total.